The first-order chi connectivity index (χ1) is 16.4. The minimum atomic E-state index is -0.554. The van der Waals surface area contributed by atoms with Crippen LogP contribution in [0.1, 0.15) is 16.7 Å². The standard InChI is InChI=1S/C27H22ClN3O2S/c1-17-12-13-19(14-22(17)28)15-24-26(33)31(23-11-7-6-8-18(23)2)27(34-24)21(16-29)25(32)30-20-9-4-3-5-10-20/h3-14,24H,15H2,1-2H3,(H,30,32). The largest absolute Gasteiger partial charge is 0.321 e. The highest BCUT2D eigenvalue weighted by Crippen LogP contribution is 2.43. The summed E-state index contributed by atoms with van der Waals surface area (Å²) in [6.45, 7) is 3.82. The lowest BCUT2D eigenvalue weighted by Crippen LogP contribution is -2.31. The third-order valence-corrected chi connectivity index (χ3v) is 7.22. The number of hydrogen-bond acceptors (Lipinski definition) is 4. The lowest BCUT2D eigenvalue weighted by Gasteiger charge is -2.20. The van der Waals surface area contributed by atoms with E-state index >= 15 is 0 Å². The number of benzene rings is 3. The molecule has 34 heavy (non-hydrogen) atoms. The number of nitrogens with zero attached hydrogens (tertiary/aromatic N) is 2. The van der Waals surface area contributed by atoms with Gasteiger partial charge in [0, 0.05) is 10.7 Å². The summed E-state index contributed by atoms with van der Waals surface area (Å²) < 4.78 is 0. The highest BCUT2D eigenvalue weighted by molar-refractivity contribution is 8.05. The molecule has 1 aliphatic rings. The third kappa shape index (κ3) is 4.86. The van der Waals surface area contributed by atoms with Gasteiger partial charge in [0.2, 0.25) is 5.91 Å². The molecule has 3 aromatic rings. The van der Waals surface area contributed by atoms with Gasteiger partial charge in [0.05, 0.1) is 10.9 Å². The Labute approximate surface area is 208 Å². The first-order valence-corrected chi connectivity index (χ1v) is 12.0. The average molecular weight is 488 g/mol. The summed E-state index contributed by atoms with van der Waals surface area (Å²) in [6, 6.07) is 24.1. The molecule has 1 heterocycles. The van der Waals surface area contributed by atoms with E-state index in [0.717, 1.165) is 16.7 Å². The highest BCUT2D eigenvalue weighted by Gasteiger charge is 2.41. The molecule has 5 nitrogen and oxygen atoms in total. The second-order valence-corrected chi connectivity index (χ2v) is 9.57. The monoisotopic (exact) mass is 487 g/mol. The molecule has 1 N–H and O–H groups in total. The summed E-state index contributed by atoms with van der Waals surface area (Å²) >= 11 is 7.53. The molecule has 1 atom stereocenters. The molecule has 1 fully saturated rings. The number of anilines is 2. The van der Waals surface area contributed by atoms with Gasteiger partial charge in [-0.15, -0.1) is 0 Å². The van der Waals surface area contributed by atoms with Gasteiger partial charge in [-0.05, 0) is 61.2 Å². The van der Waals surface area contributed by atoms with Gasteiger partial charge in [0.25, 0.3) is 5.91 Å². The van der Waals surface area contributed by atoms with Crippen molar-refractivity contribution in [1.82, 2.24) is 0 Å². The van der Waals surface area contributed by atoms with Crippen LogP contribution in [-0.2, 0) is 16.0 Å². The number of nitriles is 1. The minimum absolute atomic E-state index is 0.102. The number of halogens is 1. The molecule has 1 aliphatic heterocycles. The zero-order chi connectivity index (χ0) is 24.2. The highest BCUT2D eigenvalue weighted by atomic mass is 35.5. The fourth-order valence-electron chi connectivity index (χ4n) is 3.71. The Kier molecular flexibility index (Phi) is 7.06. The maximum Gasteiger partial charge on any atom is 0.269 e. The number of para-hydroxylation sites is 2. The normalized spacial score (nSPS) is 16.8. The molecule has 7 heteroatoms. The van der Waals surface area contributed by atoms with Crippen LogP contribution in [0.25, 0.3) is 0 Å². The number of thioether (sulfide) groups is 1. The van der Waals surface area contributed by atoms with Crippen molar-refractivity contribution in [1.29, 1.82) is 5.26 Å². The lowest BCUT2D eigenvalue weighted by molar-refractivity contribution is -0.117. The molecule has 2 amide bonds. The molecular weight excluding hydrogens is 466 g/mol. The van der Waals surface area contributed by atoms with Gasteiger partial charge in [-0.2, -0.15) is 5.26 Å². The maximum atomic E-state index is 13.6. The first-order valence-electron chi connectivity index (χ1n) is 10.7. The lowest BCUT2D eigenvalue weighted by atomic mass is 10.1. The van der Waals surface area contributed by atoms with Gasteiger partial charge in [0.1, 0.15) is 16.7 Å². The molecule has 170 valence electrons. The zero-order valence-corrected chi connectivity index (χ0v) is 20.3. The molecule has 0 radical (unpaired) electrons. The van der Waals surface area contributed by atoms with Crippen molar-refractivity contribution in [3.05, 3.63) is 105 Å². The topological polar surface area (TPSA) is 73.2 Å². The summed E-state index contributed by atoms with van der Waals surface area (Å²) in [5.41, 5.74) is 3.87. The Balaban J connectivity index is 1.75. The number of nitrogens with one attached hydrogen (secondary N) is 1. The van der Waals surface area contributed by atoms with Crippen molar-refractivity contribution in [3.63, 3.8) is 0 Å². The van der Waals surface area contributed by atoms with Crippen LogP contribution in [0.4, 0.5) is 11.4 Å². The van der Waals surface area contributed by atoms with Crippen molar-refractivity contribution in [2.45, 2.75) is 25.5 Å². The fourth-order valence-corrected chi connectivity index (χ4v) is 5.22. The SMILES string of the molecule is Cc1ccc(CC2SC(=C(C#N)C(=O)Nc3ccccc3)N(c3ccccc3C)C2=O)cc1Cl. The van der Waals surface area contributed by atoms with E-state index in [4.69, 9.17) is 11.6 Å². The van der Waals surface area contributed by atoms with Crippen LogP contribution < -0.4 is 10.2 Å². The smallest absolute Gasteiger partial charge is 0.269 e. The van der Waals surface area contributed by atoms with E-state index in [2.05, 4.69) is 5.32 Å². The Morgan fingerprint density at radius 1 is 1.06 bits per heavy atom. The van der Waals surface area contributed by atoms with Crippen LogP contribution in [0.3, 0.4) is 0 Å². The quantitative estimate of drug-likeness (QED) is 0.352. The molecule has 1 saturated heterocycles. The molecule has 3 aromatic carbocycles. The van der Waals surface area contributed by atoms with E-state index < -0.39 is 11.2 Å². The summed E-state index contributed by atoms with van der Waals surface area (Å²) in [5.74, 6) is -0.729. The summed E-state index contributed by atoms with van der Waals surface area (Å²) in [7, 11) is 0. The molecule has 0 spiro atoms. The van der Waals surface area contributed by atoms with Crippen LogP contribution in [0.2, 0.25) is 5.02 Å². The van der Waals surface area contributed by atoms with Gasteiger partial charge >= 0.3 is 0 Å². The van der Waals surface area contributed by atoms with Gasteiger partial charge in [-0.3, -0.25) is 14.5 Å². The molecule has 0 bridgehead atoms. The van der Waals surface area contributed by atoms with Crippen LogP contribution in [0.5, 0.6) is 0 Å². The second-order valence-electron chi connectivity index (χ2n) is 7.97. The van der Waals surface area contributed by atoms with Gasteiger partial charge < -0.3 is 5.32 Å². The van der Waals surface area contributed by atoms with Gasteiger partial charge in [0.15, 0.2) is 0 Å². The van der Waals surface area contributed by atoms with Crippen molar-refractivity contribution in [2.24, 2.45) is 0 Å². The van der Waals surface area contributed by atoms with Gasteiger partial charge in [-0.1, -0.05) is 71.9 Å². The molecule has 0 aliphatic carbocycles. The first kappa shape index (κ1) is 23.6. The second kappa shape index (κ2) is 10.2. The molecule has 0 saturated carbocycles. The minimum Gasteiger partial charge on any atom is -0.321 e. The third-order valence-electron chi connectivity index (χ3n) is 5.55. The summed E-state index contributed by atoms with van der Waals surface area (Å²) in [6.07, 6.45) is 0.425. The van der Waals surface area contributed by atoms with Crippen molar-refractivity contribution < 1.29 is 9.59 Å². The van der Waals surface area contributed by atoms with E-state index in [1.54, 1.807) is 24.3 Å². The Morgan fingerprint density at radius 3 is 2.44 bits per heavy atom. The number of amides is 2. The number of carbonyl (C=O) groups is 2. The molecular formula is C27H22ClN3O2S. The predicted molar refractivity (Wildman–Crippen MR) is 138 cm³/mol. The summed E-state index contributed by atoms with van der Waals surface area (Å²) in [4.78, 5) is 28.2. The van der Waals surface area contributed by atoms with Crippen LogP contribution in [0, 0.1) is 25.2 Å². The maximum absolute atomic E-state index is 13.6. The zero-order valence-electron chi connectivity index (χ0n) is 18.7. The van der Waals surface area contributed by atoms with E-state index in [0.29, 0.717) is 27.8 Å². The van der Waals surface area contributed by atoms with Crippen molar-refractivity contribution >= 4 is 46.6 Å². The predicted octanol–water partition coefficient (Wildman–Crippen LogP) is 6.02. The molecule has 0 aromatic heterocycles. The molecule has 4 rings (SSSR count). The summed E-state index contributed by atoms with van der Waals surface area (Å²) in [5, 5.41) is 13.2. The van der Waals surface area contributed by atoms with E-state index in [-0.39, 0.29) is 11.5 Å². The number of rotatable bonds is 5. The molecule has 1 unspecified atom stereocenters. The van der Waals surface area contributed by atoms with Gasteiger partial charge in [-0.25, -0.2) is 0 Å². The van der Waals surface area contributed by atoms with E-state index in [1.165, 1.54) is 16.7 Å². The van der Waals surface area contributed by atoms with E-state index in [9.17, 15) is 14.9 Å². The average Bonchev–Trinajstić information content (AvgIpc) is 3.13. The number of hydrogen-bond donors (Lipinski definition) is 1. The Hall–Kier alpha value is -3.53. The number of aryl methyl sites for hydroxylation is 2. The van der Waals surface area contributed by atoms with E-state index in [1.807, 2.05) is 68.4 Å². The van der Waals surface area contributed by atoms with Crippen LogP contribution in [0.15, 0.2) is 83.4 Å². The van der Waals surface area contributed by atoms with Crippen LogP contribution in [-0.4, -0.2) is 17.1 Å². The van der Waals surface area contributed by atoms with Crippen molar-refractivity contribution in [3.8, 4) is 6.07 Å². The Bertz CT molecular complexity index is 1330. The fraction of sp³-hybridized carbons (Fsp3) is 0.148. The Morgan fingerprint density at radius 2 is 1.76 bits per heavy atom. The number of carbonyl (C=O) groups excluding carboxylic acids is 2. The van der Waals surface area contributed by atoms with Crippen LogP contribution >= 0.6 is 23.4 Å². The van der Waals surface area contributed by atoms with Crippen molar-refractivity contribution in [2.75, 3.05) is 10.2 Å².